The molecule has 1 aliphatic rings. The van der Waals surface area contributed by atoms with Crippen LogP contribution in [0.5, 0.6) is 0 Å². The molecule has 1 aliphatic carbocycles. The molecule has 0 saturated heterocycles. The Kier molecular flexibility index (Phi) is 3.85. The van der Waals surface area contributed by atoms with Gasteiger partial charge in [0.25, 0.3) is 0 Å². The van der Waals surface area contributed by atoms with Gasteiger partial charge in [0.1, 0.15) is 0 Å². The van der Waals surface area contributed by atoms with Crippen LogP contribution in [0.4, 0.5) is 0 Å². The lowest BCUT2D eigenvalue weighted by Gasteiger charge is -2.22. The topological polar surface area (TPSA) is 48.9 Å². The molecule has 21 heavy (non-hydrogen) atoms. The van der Waals surface area contributed by atoms with E-state index in [-0.39, 0.29) is 0 Å². The molecule has 2 aromatic rings. The number of aromatic nitrogens is 2. The van der Waals surface area contributed by atoms with Crippen molar-refractivity contribution >= 4 is 0 Å². The zero-order valence-corrected chi connectivity index (χ0v) is 12.9. The maximum atomic E-state index is 10.0. The average molecular weight is 284 g/mol. The molecule has 0 spiro atoms. The first-order valence-electron chi connectivity index (χ1n) is 7.92. The first-order valence-corrected chi connectivity index (χ1v) is 7.92. The van der Waals surface area contributed by atoms with Gasteiger partial charge in [0.15, 0.2) is 0 Å². The Balaban J connectivity index is 1.89. The number of nitrogens with one attached hydrogen (secondary N) is 1. The molecule has 112 valence electrons. The van der Waals surface area contributed by atoms with Crippen LogP contribution in [0, 0.1) is 0 Å². The fourth-order valence-electron chi connectivity index (χ4n) is 3.29. The summed E-state index contributed by atoms with van der Waals surface area (Å²) in [5.41, 5.74) is 3.79. The molecule has 0 aliphatic heterocycles. The van der Waals surface area contributed by atoms with E-state index < -0.39 is 5.60 Å². The van der Waals surface area contributed by atoms with Gasteiger partial charge in [-0.2, -0.15) is 5.10 Å². The zero-order valence-electron chi connectivity index (χ0n) is 12.9. The predicted octanol–water partition coefficient (Wildman–Crippen LogP) is 4.35. The number of nitrogens with zero attached hydrogens (tertiary/aromatic N) is 1. The van der Waals surface area contributed by atoms with Crippen molar-refractivity contribution in [2.45, 2.75) is 57.5 Å². The fourth-order valence-corrected chi connectivity index (χ4v) is 3.29. The van der Waals surface area contributed by atoms with E-state index in [0.29, 0.717) is 5.92 Å². The van der Waals surface area contributed by atoms with E-state index >= 15 is 0 Å². The van der Waals surface area contributed by atoms with Gasteiger partial charge in [0.2, 0.25) is 0 Å². The van der Waals surface area contributed by atoms with Crippen LogP contribution in [0.15, 0.2) is 30.5 Å². The molecule has 1 aromatic heterocycles. The van der Waals surface area contributed by atoms with Crippen LogP contribution in [0.2, 0.25) is 0 Å². The zero-order chi connectivity index (χ0) is 14.9. The molecule has 1 fully saturated rings. The van der Waals surface area contributed by atoms with Crippen LogP contribution in [-0.4, -0.2) is 15.3 Å². The van der Waals surface area contributed by atoms with Gasteiger partial charge in [-0.25, -0.2) is 0 Å². The number of aromatic amines is 1. The Morgan fingerprint density at radius 3 is 2.38 bits per heavy atom. The SMILES string of the molecule is CC(C)(O)c1ccc(-c2[nH]ncc2C2CCCCC2)cc1. The van der Waals surface area contributed by atoms with E-state index in [4.69, 9.17) is 0 Å². The molecule has 0 amide bonds. The molecule has 1 saturated carbocycles. The van der Waals surface area contributed by atoms with E-state index in [1.165, 1.54) is 37.7 Å². The summed E-state index contributed by atoms with van der Waals surface area (Å²) in [7, 11) is 0. The van der Waals surface area contributed by atoms with E-state index in [2.05, 4.69) is 22.3 Å². The first-order chi connectivity index (χ1) is 10.1. The van der Waals surface area contributed by atoms with Crippen LogP contribution in [0.25, 0.3) is 11.3 Å². The highest BCUT2D eigenvalue weighted by Gasteiger charge is 2.21. The molecule has 1 heterocycles. The van der Waals surface area contributed by atoms with E-state index in [9.17, 15) is 5.11 Å². The second-order valence-electron chi connectivity index (χ2n) is 6.67. The number of hydrogen-bond donors (Lipinski definition) is 2. The Morgan fingerprint density at radius 1 is 1.10 bits per heavy atom. The third-order valence-corrected chi connectivity index (χ3v) is 4.59. The molecule has 0 bridgehead atoms. The molecule has 3 heteroatoms. The Bertz CT molecular complexity index is 586. The second-order valence-corrected chi connectivity index (χ2v) is 6.67. The van der Waals surface area contributed by atoms with Gasteiger partial charge in [-0.15, -0.1) is 0 Å². The molecule has 1 aromatic carbocycles. The van der Waals surface area contributed by atoms with Gasteiger partial charge >= 0.3 is 0 Å². The monoisotopic (exact) mass is 284 g/mol. The van der Waals surface area contributed by atoms with Gasteiger partial charge in [0.05, 0.1) is 17.5 Å². The van der Waals surface area contributed by atoms with Crippen molar-refractivity contribution in [3.63, 3.8) is 0 Å². The summed E-state index contributed by atoms with van der Waals surface area (Å²) >= 11 is 0. The average Bonchev–Trinajstić information content (AvgIpc) is 2.97. The van der Waals surface area contributed by atoms with Crippen molar-refractivity contribution < 1.29 is 5.11 Å². The number of rotatable bonds is 3. The number of H-pyrrole nitrogens is 1. The maximum absolute atomic E-state index is 10.0. The van der Waals surface area contributed by atoms with Crippen molar-refractivity contribution in [3.8, 4) is 11.3 Å². The molecule has 2 N–H and O–H groups in total. The molecular formula is C18H24N2O. The molecule has 0 radical (unpaired) electrons. The summed E-state index contributed by atoms with van der Waals surface area (Å²) < 4.78 is 0. The normalized spacial score (nSPS) is 17.1. The quantitative estimate of drug-likeness (QED) is 0.880. The van der Waals surface area contributed by atoms with Crippen LogP contribution >= 0.6 is 0 Å². The molecule has 0 atom stereocenters. The Morgan fingerprint density at radius 2 is 1.76 bits per heavy atom. The highest BCUT2D eigenvalue weighted by Crippen LogP contribution is 2.37. The molecule has 0 unspecified atom stereocenters. The largest absolute Gasteiger partial charge is 0.386 e. The van der Waals surface area contributed by atoms with Crippen molar-refractivity contribution in [1.82, 2.24) is 10.2 Å². The van der Waals surface area contributed by atoms with Crippen LogP contribution in [-0.2, 0) is 5.60 Å². The summed E-state index contributed by atoms with van der Waals surface area (Å²) in [6.07, 6.45) is 8.56. The number of aliphatic hydroxyl groups is 1. The van der Waals surface area contributed by atoms with Gasteiger partial charge in [-0.1, -0.05) is 43.5 Å². The van der Waals surface area contributed by atoms with E-state index in [1.54, 1.807) is 0 Å². The standard InChI is InChI=1S/C18H24N2O/c1-18(2,21)15-10-8-14(9-11-15)17-16(12-19-20-17)13-6-4-3-5-7-13/h8-13,21H,3-7H2,1-2H3,(H,19,20). The van der Waals surface area contributed by atoms with Crippen molar-refractivity contribution in [2.75, 3.05) is 0 Å². The lowest BCUT2D eigenvalue weighted by atomic mass is 9.83. The van der Waals surface area contributed by atoms with Gasteiger partial charge < -0.3 is 5.11 Å². The minimum Gasteiger partial charge on any atom is -0.386 e. The van der Waals surface area contributed by atoms with Crippen molar-refractivity contribution in [2.24, 2.45) is 0 Å². The fraction of sp³-hybridized carbons (Fsp3) is 0.500. The first kappa shape index (κ1) is 14.3. The molecule has 3 rings (SSSR count). The summed E-state index contributed by atoms with van der Waals surface area (Å²) in [5, 5.41) is 17.5. The summed E-state index contributed by atoms with van der Waals surface area (Å²) in [5.74, 6) is 0.640. The summed E-state index contributed by atoms with van der Waals surface area (Å²) in [6.45, 7) is 3.62. The maximum Gasteiger partial charge on any atom is 0.0840 e. The summed E-state index contributed by atoms with van der Waals surface area (Å²) in [4.78, 5) is 0. The highest BCUT2D eigenvalue weighted by molar-refractivity contribution is 5.64. The minimum atomic E-state index is -0.793. The van der Waals surface area contributed by atoms with Crippen molar-refractivity contribution in [1.29, 1.82) is 0 Å². The van der Waals surface area contributed by atoms with Crippen LogP contribution in [0.1, 0.15) is 63.0 Å². The van der Waals surface area contributed by atoms with E-state index in [0.717, 1.165) is 16.8 Å². The van der Waals surface area contributed by atoms with Crippen LogP contribution in [0.3, 0.4) is 0 Å². The molecule has 3 nitrogen and oxygen atoms in total. The van der Waals surface area contributed by atoms with Crippen LogP contribution < -0.4 is 0 Å². The van der Waals surface area contributed by atoms with Gasteiger partial charge in [0, 0.05) is 5.56 Å². The highest BCUT2D eigenvalue weighted by atomic mass is 16.3. The van der Waals surface area contributed by atoms with Crippen molar-refractivity contribution in [3.05, 3.63) is 41.6 Å². The smallest absolute Gasteiger partial charge is 0.0840 e. The molecular weight excluding hydrogens is 260 g/mol. The summed E-state index contributed by atoms with van der Waals surface area (Å²) in [6, 6.07) is 8.15. The van der Waals surface area contributed by atoms with Gasteiger partial charge in [-0.05, 0) is 43.7 Å². The number of benzene rings is 1. The van der Waals surface area contributed by atoms with E-state index in [1.807, 2.05) is 32.2 Å². The minimum absolute atomic E-state index is 0.640. The predicted molar refractivity (Wildman–Crippen MR) is 85.1 cm³/mol. The Hall–Kier alpha value is -1.61. The lowest BCUT2D eigenvalue weighted by molar-refractivity contribution is 0.0786. The number of hydrogen-bond acceptors (Lipinski definition) is 2. The second kappa shape index (κ2) is 5.64. The third-order valence-electron chi connectivity index (χ3n) is 4.59. The Labute approximate surface area is 126 Å². The lowest BCUT2D eigenvalue weighted by Crippen LogP contribution is -2.15. The van der Waals surface area contributed by atoms with Gasteiger partial charge in [-0.3, -0.25) is 5.10 Å². The third kappa shape index (κ3) is 3.03.